The smallest absolute Gasteiger partial charge is 0.304 e. The van der Waals surface area contributed by atoms with Crippen LogP contribution in [0.25, 0.3) is 0 Å². The second-order valence-electron chi connectivity index (χ2n) is 4.51. The molecule has 2 atom stereocenters. The molecule has 1 aromatic carbocycles. The van der Waals surface area contributed by atoms with Crippen LogP contribution in [0.3, 0.4) is 0 Å². The zero-order valence-electron chi connectivity index (χ0n) is 12.6. The highest BCUT2D eigenvalue weighted by molar-refractivity contribution is 5.76. The van der Waals surface area contributed by atoms with Crippen molar-refractivity contribution in [2.45, 2.75) is 25.6 Å². The van der Waals surface area contributed by atoms with Crippen molar-refractivity contribution in [2.75, 3.05) is 13.7 Å². The zero-order valence-corrected chi connectivity index (χ0v) is 12.6. The zero-order chi connectivity index (χ0) is 16.8. The van der Waals surface area contributed by atoms with Gasteiger partial charge in [-0.25, -0.2) is 0 Å². The predicted octanol–water partition coefficient (Wildman–Crippen LogP) is 0.576. The quantitative estimate of drug-likeness (QED) is 0.581. The van der Waals surface area contributed by atoms with Crippen molar-refractivity contribution in [3.63, 3.8) is 0 Å². The first-order valence-corrected chi connectivity index (χ1v) is 6.48. The average molecular weight is 310 g/mol. The number of hydrogen-bond acceptors (Lipinski definition) is 7. The molecule has 0 aliphatic heterocycles. The first kappa shape index (κ1) is 17.6. The van der Waals surface area contributed by atoms with Gasteiger partial charge in [0.1, 0.15) is 5.75 Å². The largest absolute Gasteiger partial charge is 0.497 e. The van der Waals surface area contributed by atoms with E-state index in [1.165, 1.54) is 19.2 Å². The molecule has 7 nitrogen and oxygen atoms in total. The number of aliphatic hydroxyl groups excluding tert-OH is 1. The fourth-order valence-corrected chi connectivity index (χ4v) is 2.03. The summed E-state index contributed by atoms with van der Waals surface area (Å²) in [7, 11) is 1.48. The van der Waals surface area contributed by atoms with Gasteiger partial charge in [-0.15, -0.1) is 0 Å². The number of aldehydes is 1. The van der Waals surface area contributed by atoms with E-state index in [4.69, 9.17) is 14.2 Å². The summed E-state index contributed by atoms with van der Waals surface area (Å²) < 4.78 is 15.1. The topological polar surface area (TPSA) is 99.1 Å². The molecule has 0 bridgehead atoms. The summed E-state index contributed by atoms with van der Waals surface area (Å²) in [4.78, 5) is 34.3. The Morgan fingerprint density at radius 2 is 1.82 bits per heavy atom. The Labute approximate surface area is 127 Å². The van der Waals surface area contributed by atoms with E-state index in [0.717, 1.165) is 13.8 Å². The first-order valence-electron chi connectivity index (χ1n) is 6.48. The van der Waals surface area contributed by atoms with Crippen LogP contribution in [0.15, 0.2) is 24.3 Å². The molecule has 22 heavy (non-hydrogen) atoms. The Balaban J connectivity index is 3.37. The fourth-order valence-electron chi connectivity index (χ4n) is 2.03. The Hall–Kier alpha value is -2.41. The number of esters is 2. The van der Waals surface area contributed by atoms with Gasteiger partial charge in [0.15, 0.2) is 12.4 Å². The van der Waals surface area contributed by atoms with Gasteiger partial charge in [-0.1, -0.05) is 12.1 Å². The Morgan fingerprint density at radius 3 is 2.18 bits per heavy atom. The van der Waals surface area contributed by atoms with Crippen LogP contribution >= 0.6 is 0 Å². The van der Waals surface area contributed by atoms with Crippen LogP contribution in [-0.4, -0.2) is 43.2 Å². The molecule has 2 unspecified atom stereocenters. The molecule has 0 spiro atoms. The molecule has 0 aliphatic rings. The number of carbonyl (C=O) groups is 3. The van der Waals surface area contributed by atoms with Crippen molar-refractivity contribution >= 4 is 18.2 Å². The van der Waals surface area contributed by atoms with E-state index in [1.807, 2.05) is 0 Å². The summed E-state index contributed by atoms with van der Waals surface area (Å²) in [5.41, 5.74) is -1.68. The Bertz CT molecular complexity index is 537. The molecule has 0 aromatic heterocycles. The summed E-state index contributed by atoms with van der Waals surface area (Å²) in [6.45, 7) is 1.54. The second kappa shape index (κ2) is 7.56. The Morgan fingerprint density at radius 1 is 1.23 bits per heavy atom. The second-order valence-corrected chi connectivity index (χ2v) is 4.51. The van der Waals surface area contributed by atoms with E-state index in [9.17, 15) is 19.5 Å². The van der Waals surface area contributed by atoms with E-state index in [2.05, 4.69) is 0 Å². The van der Waals surface area contributed by atoms with Crippen LogP contribution in [0.4, 0.5) is 0 Å². The van der Waals surface area contributed by atoms with Crippen molar-refractivity contribution < 1.29 is 33.7 Å². The fraction of sp³-hybridized carbons (Fsp3) is 0.400. The van der Waals surface area contributed by atoms with Gasteiger partial charge in [-0.3, -0.25) is 14.4 Å². The molecular weight excluding hydrogens is 292 g/mol. The summed E-state index contributed by atoms with van der Waals surface area (Å²) in [6.07, 6.45) is -1.03. The van der Waals surface area contributed by atoms with E-state index in [1.54, 1.807) is 12.1 Å². The number of hydrogen-bond donors (Lipinski definition) is 1. The third-order valence-corrected chi connectivity index (χ3v) is 2.98. The van der Waals surface area contributed by atoms with Crippen LogP contribution in [0.1, 0.15) is 19.4 Å². The van der Waals surface area contributed by atoms with E-state index in [0.29, 0.717) is 12.0 Å². The number of rotatable bonds is 7. The monoisotopic (exact) mass is 310 g/mol. The molecule has 1 rings (SSSR count). The third-order valence-electron chi connectivity index (χ3n) is 2.98. The highest BCUT2D eigenvalue weighted by Crippen LogP contribution is 2.31. The normalized spacial score (nSPS) is 14.4. The van der Waals surface area contributed by atoms with Gasteiger partial charge in [0.05, 0.1) is 13.7 Å². The molecule has 7 heteroatoms. The standard InChI is InChI=1S/C15H18O7/c1-10(18)21-14(8-16)15(9-17,22-11(2)19)12-4-6-13(20-3)7-5-12/h4-7,9,14,16H,8H2,1-3H3. The number of methoxy groups -OCH3 is 1. The van der Waals surface area contributed by atoms with Crippen molar-refractivity contribution in [2.24, 2.45) is 0 Å². The van der Waals surface area contributed by atoms with Gasteiger partial charge in [0.25, 0.3) is 0 Å². The minimum absolute atomic E-state index is 0.249. The molecule has 1 N–H and O–H groups in total. The van der Waals surface area contributed by atoms with Gasteiger partial charge < -0.3 is 19.3 Å². The maximum absolute atomic E-state index is 11.7. The lowest BCUT2D eigenvalue weighted by molar-refractivity contribution is -0.189. The lowest BCUT2D eigenvalue weighted by atomic mass is 9.89. The van der Waals surface area contributed by atoms with Gasteiger partial charge >= 0.3 is 11.9 Å². The molecule has 0 saturated carbocycles. The molecule has 0 aliphatic carbocycles. The summed E-state index contributed by atoms with van der Waals surface area (Å²) in [5.74, 6) is -0.945. The molecule has 1 aromatic rings. The van der Waals surface area contributed by atoms with Crippen molar-refractivity contribution in [3.8, 4) is 5.75 Å². The lowest BCUT2D eigenvalue weighted by Gasteiger charge is -2.34. The number of aliphatic hydroxyl groups is 1. The van der Waals surface area contributed by atoms with Crippen LogP contribution < -0.4 is 4.74 Å². The number of benzene rings is 1. The molecule has 0 heterocycles. The van der Waals surface area contributed by atoms with E-state index in [-0.39, 0.29) is 5.56 Å². The number of carbonyl (C=O) groups excluding carboxylic acids is 3. The van der Waals surface area contributed by atoms with E-state index < -0.39 is 30.3 Å². The van der Waals surface area contributed by atoms with Crippen LogP contribution in [0, 0.1) is 0 Å². The highest BCUT2D eigenvalue weighted by Gasteiger charge is 2.46. The van der Waals surface area contributed by atoms with Crippen LogP contribution in [0.5, 0.6) is 5.75 Å². The van der Waals surface area contributed by atoms with Gasteiger partial charge in [0, 0.05) is 19.4 Å². The maximum Gasteiger partial charge on any atom is 0.304 e. The van der Waals surface area contributed by atoms with Crippen molar-refractivity contribution in [1.82, 2.24) is 0 Å². The van der Waals surface area contributed by atoms with Gasteiger partial charge in [0.2, 0.25) is 5.60 Å². The molecular formula is C15H18O7. The van der Waals surface area contributed by atoms with Crippen molar-refractivity contribution in [1.29, 1.82) is 0 Å². The lowest BCUT2D eigenvalue weighted by Crippen LogP contribution is -2.49. The molecule has 0 saturated heterocycles. The summed E-state index contributed by atoms with van der Waals surface area (Å²) in [6, 6.07) is 6.09. The van der Waals surface area contributed by atoms with E-state index >= 15 is 0 Å². The minimum atomic E-state index is -1.93. The highest BCUT2D eigenvalue weighted by atomic mass is 16.6. The summed E-state index contributed by atoms with van der Waals surface area (Å²) in [5, 5.41) is 9.46. The maximum atomic E-state index is 11.7. The molecule has 0 radical (unpaired) electrons. The summed E-state index contributed by atoms with van der Waals surface area (Å²) >= 11 is 0. The molecule has 120 valence electrons. The SMILES string of the molecule is COc1ccc(C(C=O)(OC(C)=O)C(CO)OC(C)=O)cc1. The molecule has 0 amide bonds. The van der Waals surface area contributed by atoms with Crippen LogP contribution in [0.2, 0.25) is 0 Å². The first-order chi connectivity index (χ1) is 10.4. The Kier molecular flexibility index (Phi) is 6.06. The van der Waals surface area contributed by atoms with Crippen LogP contribution in [-0.2, 0) is 29.5 Å². The van der Waals surface area contributed by atoms with Gasteiger partial charge in [-0.05, 0) is 12.1 Å². The number of ether oxygens (including phenoxy) is 3. The van der Waals surface area contributed by atoms with Crippen molar-refractivity contribution in [3.05, 3.63) is 29.8 Å². The molecule has 0 fully saturated rings. The predicted molar refractivity (Wildman–Crippen MR) is 75.1 cm³/mol. The third kappa shape index (κ3) is 3.82. The van der Waals surface area contributed by atoms with Gasteiger partial charge in [-0.2, -0.15) is 0 Å². The average Bonchev–Trinajstić information content (AvgIpc) is 2.50. The minimum Gasteiger partial charge on any atom is -0.497 e.